The van der Waals surface area contributed by atoms with E-state index in [4.69, 9.17) is 34.5 Å². The number of rotatable bonds is 11. The van der Waals surface area contributed by atoms with Crippen molar-refractivity contribution in [2.24, 2.45) is 0 Å². The quantitative estimate of drug-likeness (QED) is 0.308. The molecule has 0 aliphatic heterocycles. The number of hydrogen-bond acceptors (Lipinski definition) is 5. The normalized spacial score (nSPS) is 11.5. The number of benzene rings is 3. The van der Waals surface area contributed by atoms with Crippen LogP contribution in [0, 0.1) is 0 Å². The molecular formula is C24H28ClO5P. The molecule has 3 aromatic rings. The monoisotopic (exact) mass is 462 g/mol. The standard InChI is InChI=1S/C24H28ClO5P/c1-4-26-19-13-7-9-15-21(19)29-31(25,24-18-12-11-17-23(24)28-6-3)30-22-16-10-8-14-20(22)27-5-2/h7-18,31H,4-6H2,1-3H3. The van der Waals surface area contributed by atoms with Crippen LogP contribution in [0.3, 0.4) is 0 Å². The molecule has 0 N–H and O–H groups in total. The molecule has 0 heterocycles. The minimum absolute atomic E-state index is 0.490. The molecule has 0 saturated carbocycles. The van der Waals surface area contributed by atoms with Crippen LogP contribution in [0.2, 0.25) is 0 Å². The van der Waals surface area contributed by atoms with Crippen LogP contribution < -0.4 is 28.6 Å². The summed E-state index contributed by atoms with van der Waals surface area (Å²) < 4.78 is 30.1. The molecule has 0 amide bonds. The van der Waals surface area contributed by atoms with E-state index >= 15 is 0 Å². The van der Waals surface area contributed by atoms with Crippen LogP contribution in [-0.4, -0.2) is 19.8 Å². The molecule has 3 rings (SSSR count). The fourth-order valence-corrected chi connectivity index (χ4v) is 5.90. The second-order valence-electron chi connectivity index (χ2n) is 6.43. The number of hydrogen-bond donors (Lipinski definition) is 0. The molecule has 0 unspecified atom stereocenters. The first-order valence-electron chi connectivity index (χ1n) is 10.3. The van der Waals surface area contributed by atoms with E-state index in [0.29, 0.717) is 53.9 Å². The average molecular weight is 463 g/mol. The molecule has 0 saturated heterocycles. The van der Waals surface area contributed by atoms with Crippen LogP contribution >= 0.6 is 18.3 Å². The SMILES string of the molecule is CCOc1ccccc1O[PH](Cl)(Oc1ccccc1OCC)c1ccccc1OCC. The second kappa shape index (κ2) is 11.1. The van der Waals surface area contributed by atoms with Gasteiger partial charge in [0.2, 0.25) is 0 Å². The Hall–Kier alpha value is -2.62. The van der Waals surface area contributed by atoms with Gasteiger partial charge in [-0.3, -0.25) is 0 Å². The van der Waals surface area contributed by atoms with Crippen molar-refractivity contribution in [3.05, 3.63) is 72.8 Å². The Morgan fingerprint density at radius 1 is 0.548 bits per heavy atom. The van der Waals surface area contributed by atoms with Crippen molar-refractivity contribution in [1.82, 2.24) is 0 Å². The van der Waals surface area contributed by atoms with Crippen molar-refractivity contribution in [3.8, 4) is 28.7 Å². The van der Waals surface area contributed by atoms with Crippen molar-refractivity contribution < 1.29 is 23.3 Å². The summed E-state index contributed by atoms with van der Waals surface area (Å²) in [5.74, 6) is 2.82. The van der Waals surface area contributed by atoms with Crippen molar-refractivity contribution in [1.29, 1.82) is 0 Å². The van der Waals surface area contributed by atoms with Gasteiger partial charge in [-0.2, -0.15) is 0 Å². The summed E-state index contributed by atoms with van der Waals surface area (Å²) in [7, 11) is -3.62. The Morgan fingerprint density at radius 2 is 0.903 bits per heavy atom. The van der Waals surface area contributed by atoms with E-state index in [1.54, 1.807) is 0 Å². The van der Waals surface area contributed by atoms with Crippen molar-refractivity contribution in [3.63, 3.8) is 0 Å². The van der Waals surface area contributed by atoms with E-state index in [0.717, 1.165) is 0 Å². The summed E-state index contributed by atoms with van der Waals surface area (Å²) in [6, 6.07) is 22.3. The zero-order valence-corrected chi connectivity index (χ0v) is 19.7. The van der Waals surface area contributed by atoms with Gasteiger partial charge in [-0.05, 0) is 0 Å². The van der Waals surface area contributed by atoms with Gasteiger partial charge in [0.25, 0.3) is 0 Å². The Kier molecular flexibility index (Phi) is 8.27. The zero-order chi connectivity index (χ0) is 22.1. The third kappa shape index (κ3) is 5.75. The molecule has 7 heteroatoms. The van der Waals surface area contributed by atoms with Gasteiger partial charge < -0.3 is 0 Å². The van der Waals surface area contributed by atoms with E-state index in [9.17, 15) is 0 Å². The average Bonchev–Trinajstić information content (AvgIpc) is 2.77. The number of halogens is 1. The fourth-order valence-electron chi connectivity index (χ4n) is 3.03. The first-order valence-corrected chi connectivity index (χ1v) is 13.2. The third-order valence-corrected chi connectivity index (χ3v) is 7.38. The molecule has 0 bridgehead atoms. The molecule has 0 aliphatic carbocycles. The summed E-state index contributed by atoms with van der Waals surface area (Å²) in [5, 5.41) is 0.663. The maximum atomic E-state index is 7.22. The van der Waals surface area contributed by atoms with Crippen LogP contribution in [0.5, 0.6) is 28.7 Å². The molecule has 0 aromatic heterocycles. The second-order valence-corrected chi connectivity index (χ2v) is 9.94. The molecule has 166 valence electrons. The van der Waals surface area contributed by atoms with Gasteiger partial charge in [0.1, 0.15) is 0 Å². The molecule has 0 aliphatic rings. The topological polar surface area (TPSA) is 46.2 Å². The number of ether oxygens (including phenoxy) is 3. The Morgan fingerprint density at radius 3 is 1.35 bits per heavy atom. The summed E-state index contributed by atoms with van der Waals surface area (Å²) in [6.07, 6.45) is 0. The van der Waals surface area contributed by atoms with Crippen LogP contribution in [0.4, 0.5) is 0 Å². The van der Waals surface area contributed by atoms with Gasteiger partial charge in [0.15, 0.2) is 0 Å². The fraction of sp³-hybridized carbons (Fsp3) is 0.250. The third-order valence-electron chi connectivity index (χ3n) is 4.29. The van der Waals surface area contributed by atoms with Gasteiger partial charge >= 0.3 is 189 Å². The van der Waals surface area contributed by atoms with E-state index in [1.165, 1.54) is 0 Å². The molecule has 5 nitrogen and oxygen atoms in total. The van der Waals surface area contributed by atoms with Gasteiger partial charge in [-0.25, -0.2) is 0 Å². The van der Waals surface area contributed by atoms with E-state index in [2.05, 4.69) is 0 Å². The van der Waals surface area contributed by atoms with E-state index in [-0.39, 0.29) is 0 Å². The molecule has 0 atom stereocenters. The number of para-hydroxylation sites is 5. The Balaban J connectivity index is 2.09. The van der Waals surface area contributed by atoms with Crippen molar-refractivity contribution in [2.45, 2.75) is 20.8 Å². The first kappa shape index (κ1) is 23.1. The van der Waals surface area contributed by atoms with Gasteiger partial charge in [-0.15, -0.1) is 0 Å². The van der Waals surface area contributed by atoms with Crippen LogP contribution in [0.1, 0.15) is 20.8 Å². The molecule has 3 aromatic carbocycles. The Bertz CT molecular complexity index is 930. The summed E-state index contributed by atoms with van der Waals surface area (Å²) in [5.41, 5.74) is 0. The Labute approximate surface area is 189 Å². The maximum absolute atomic E-state index is 7.22. The molecule has 0 fully saturated rings. The van der Waals surface area contributed by atoms with E-state index in [1.807, 2.05) is 93.6 Å². The predicted molar refractivity (Wildman–Crippen MR) is 128 cm³/mol. The first-order chi connectivity index (χ1) is 15.1. The molecular weight excluding hydrogens is 435 g/mol. The molecule has 31 heavy (non-hydrogen) atoms. The minimum atomic E-state index is -3.62. The zero-order valence-electron chi connectivity index (χ0n) is 18.0. The van der Waals surface area contributed by atoms with E-state index < -0.39 is 7.07 Å². The summed E-state index contributed by atoms with van der Waals surface area (Å²) in [6.45, 7) is 7.25. The van der Waals surface area contributed by atoms with Crippen LogP contribution in [0.25, 0.3) is 0 Å². The van der Waals surface area contributed by atoms with Gasteiger partial charge in [0.05, 0.1) is 0 Å². The van der Waals surface area contributed by atoms with Crippen molar-refractivity contribution in [2.75, 3.05) is 19.8 Å². The van der Waals surface area contributed by atoms with Crippen LogP contribution in [-0.2, 0) is 0 Å². The summed E-state index contributed by atoms with van der Waals surface area (Å²) >= 11 is 7.22. The molecule has 0 radical (unpaired) electrons. The van der Waals surface area contributed by atoms with Gasteiger partial charge in [-0.1, -0.05) is 0 Å². The van der Waals surface area contributed by atoms with Gasteiger partial charge in [0, 0.05) is 0 Å². The molecule has 0 spiro atoms. The summed E-state index contributed by atoms with van der Waals surface area (Å²) in [4.78, 5) is 0. The van der Waals surface area contributed by atoms with Crippen molar-refractivity contribution >= 4 is 23.6 Å². The predicted octanol–water partition coefficient (Wildman–Crippen LogP) is 6.40. The van der Waals surface area contributed by atoms with Crippen LogP contribution in [0.15, 0.2) is 72.8 Å².